The molecule has 0 N–H and O–H groups in total. The van der Waals surface area contributed by atoms with Gasteiger partial charge >= 0.3 is 0 Å². The molecule has 75 heavy (non-hydrogen) atoms. The van der Waals surface area contributed by atoms with Crippen LogP contribution in [0.5, 0.6) is 0 Å². The normalized spacial score (nSPS) is 12.3. The third-order valence-corrected chi connectivity index (χ3v) is 17.1. The summed E-state index contributed by atoms with van der Waals surface area (Å²) in [4.78, 5) is -2.98. The lowest BCUT2D eigenvalue weighted by molar-refractivity contribution is 0.381. The zero-order chi connectivity index (χ0) is 53.4. The van der Waals surface area contributed by atoms with Crippen molar-refractivity contribution in [3.8, 4) is 47.4 Å². The minimum absolute atomic E-state index is 0.0456. The maximum atomic E-state index is 15.8. The largest absolute Gasteiger partial charge is 0.306 e. The molecular formula is C50H9F20NS4. The van der Waals surface area contributed by atoms with Crippen molar-refractivity contribution in [2.75, 3.05) is 0 Å². The summed E-state index contributed by atoms with van der Waals surface area (Å²) in [7, 11) is 0. The molecule has 5 aromatic heterocycles. The van der Waals surface area contributed by atoms with E-state index in [2.05, 4.69) is 0 Å². The Balaban J connectivity index is 1.37. The summed E-state index contributed by atoms with van der Waals surface area (Å²) in [5.41, 5.74) is -6.45. The van der Waals surface area contributed by atoms with E-state index in [4.69, 9.17) is 0 Å². The lowest BCUT2D eigenvalue weighted by Crippen LogP contribution is -2.03. The molecule has 0 unspecified atom stereocenters. The molecule has 0 saturated carbocycles. The molecule has 25 heteroatoms. The van der Waals surface area contributed by atoms with Crippen LogP contribution in [0.25, 0.3) is 110 Å². The molecule has 7 aromatic carbocycles. The molecule has 0 aliphatic carbocycles. The Labute approximate surface area is 416 Å². The second-order valence-electron chi connectivity index (χ2n) is 16.3. The second-order valence-corrected chi connectivity index (χ2v) is 20.5. The molecule has 0 spiro atoms. The van der Waals surface area contributed by atoms with Gasteiger partial charge in [-0.05, 0) is 36.4 Å². The Morgan fingerprint density at radius 3 is 0.720 bits per heavy atom. The molecule has 0 fully saturated rings. The fraction of sp³-hybridized carbons (Fsp3) is 0. The van der Waals surface area contributed by atoms with Gasteiger partial charge in [0.1, 0.15) is 0 Å². The Bertz CT molecular complexity index is 4220. The van der Waals surface area contributed by atoms with Crippen molar-refractivity contribution in [1.29, 1.82) is 0 Å². The van der Waals surface area contributed by atoms with Crippen molar-refractivity contribution in [3.05, 3.63) is 171 Å². The van der Waals surface area contributed by atoms with Crippen LogP contribution in [0.2, 0.25) is 0 Å². The number of rotatable bonds is 5. The van der Waals surface area contributed by atoms with Crippen LogP contribution in [-0.4, -0.2) is 4.57 Å². The zero-order valence-corrected chi connectivity index (χ0v) is 38.6. The minimum Gasteiger partial charge on any atom is -0.306 e. The smallest absolute Gasteiger partial charge is 0.200 e. The predicted molar refractivity (Wildman–Crippen MR) is 243 cm³/mol. The summed E-state index contributed by atoms with van der Waals surface area (Å²) < 4.78 is 303. The fourth-order valence-corrected chi connectivity index (χ4v) is 14.2. The number of halogens is 20. The maximum Gasteiger partial charge on any atom is 0.200 e. The summed E-state index contributed by atoms with van der Waals surface area (Å²) in [6.07, 6.45) is 0. The van der Waals surface area contributed by atoms with Gasteiger partial charge in [0.25, 0.3) is 0 Å². The highest BCUT2D eigenvalue weighted by atomic mass is 32.1. The molecule has 12 aromatic rings. The van der Waals surface area contributed by atoms with Crippen molar-refractivity contribution in [2.45, 2.75) is 0 Å². The predicted octanol–water partition coefficient (Wildman–Crippen LogP) is 19.1. The van der Waals surface area contributed by atoms with Gasteiger partial charge in [0.05, 0.1) is 42.7 Å². The van der Waals surface area contributed by atoms with E-state index in [1.54, 1.807) is 0 Å². The summed E-state index contributed by atoms with van der Waals surface area (Å²) in [6, 6.07) is 10.6. The standard InChI is InChI=1S/C50H9F20NS4/c51-25-19(26(52)34(60)41(67)33(25)59)15-6-11-13-8-17(21-29(55)37(63)43(69)38(64)30(21)56)74-49(13)45-23(47(11)72-15)24-46(71(45)10-4-2-1-3-5-10)50-14(9-18(75-50)22-31(57)39(65)44(70)40(66)32(22)58)12-7-16(73-48(12)24)20-27(53)35(61)42(68)36(62)28(20)54/h1-9H. The van der Waals surface area contributed by atoms with Crippen LogP contribution in [0.3, 0.4) is 0 Å². The molecule has 0 radical (unpaired) electrons. The molecular weight excluding hydrogens is 1120 g/mol. The Morgan fingerprint density at radius 1 is 0.253 bits per heavy atom. The van der Waals surface area contributed by atoms with Gasteiger partial charge < -0.3 is 4.57 Å². The average molecular weight is 1130 g/mol. The lowest BCUT2D eigenvalue weighted by Gasteiger charge is -2.10. The number of benzene rings is 7. The van der Waals surface area contributed by atoms with Gasteiger partial charge in [-0.2, -0.15) is 0 Å². The fourth-order valence-electron chi connectivity index (χ4n) is 9.15. The molecule has 0 aliphatic heterocycles. The van der Waals surface area contributed by atoms with Crippen LogP contribution in [0.4, 0.5) is 87.8 Å². The molecule has 1 nitrogen and oxygen atoms in total. The first-order valence-corrected chi connectivity index (χ1v) is 23.8. The van der Waals surface area contributed by atoms with Crippen molar-refractivity contribution in [3.63, 3.8) is 0 Å². The monoisotopic (exact) mass is 1130 g/mol. The highest BCUT2D eigenvalue weighted by Gasteiger charge is 2.36. The highest BCUT2D eigenvalue weighted by molar-refractivity contribution is 7.27. The Morgan fingerprint density at radius 2 is 0.467 bits per heavy atom. The number of aromatic nitrogens is 1. The molecule has 0 atom stereocenters. The van der Waals surface area contributed by atoms with Crippen LogP contribution >= 0.6 is 45.3 Å². The van der Waals surface area contributed by atoms with E-state index in [1.165, 1.54) is 34.9 Å². The van der Waals surface area contributed by atoms with E-state index >= 15 is 35.1 Å². The number of thiophene rings is 4. The van der Waals surface area contributed by atoms with Crippen molar-refractivity contribution in [2.24, 2.45) is 0 Å². The van der Waals surface area contributed by atoms with Crippen LogP contribution in [0.15, 0.2) is 54.6 Å². The Hall–Kier alpha value is -7.22. The van der Waals surface area contributed by atoms with Gasteiger partial charge in [-0.3, -0.25) is 0 Å². The van der Waals surface area contributed by atoms with E-state index in [0.29, 0.717) is 45.3 Å². The van der Waals surface area contributed by atoms with E-state index in [0.717, 1.165) is 24.3 Å². The summed E-state index contributed by atoms with van der Waals surface area (Å²) >= 11 is 1.23. The third-order valence-electron chi connectivity index (χ3n) is 12.4. The summed E-state index contributed by atoms with van der Waals surface area (Å²) in [5, 5.41) is -1.57. The van der Waals surface area contributed by atoms with E-state index in [1.807, 2.05) is 0 Å². The van der Waals surface area contributed by atoms with Gasteiger partial charge in [-0.15, -0.1) is 45.3 Å². The minimum atomic E-state index is -2.56. The van der Waals surface area contributed by atoms with Crippen LogP contribution in [0, 0.1) is 116 Å². The zero-order valence-electron chi connectivity index (χ0n) is 35.3. The molecule has 12 rings (SSSR count). The number of fused-ring (bicyclic) bond motifs is 13. The van der Waals surface area contributed by atoms with Crippen LogP contribution in [0.1, 0.15) is 0 Å². The topological polar surface area (TPSA) is 4.93 Å². The first-order valence-electron chi connectivity index (χ1n) is 20.6. The van der Waals surface area contributed by atoms with Crippen LogP contribution in [-0.2, 0) is 0 Å². The Kier molecular flexibility index (Phi) is 10.8. The van der Waals surface area contributed by atoms with E-state index in [9.17, 15) is 52.7 Å². The summed E-state index contributed by atoms with van der Waals surface area (Å²) in [5.74, 6) is -48.3. The number of nitrogens with zero attached hydrogens (tertiary/aromatic N) is 1. The molecule has 0 amide bonds. The second kappa shape index (κ2) is 16.6. The molecule has 5 heterocycles. The van der Waals surface area contributed by atoms with Gasteiger partial charge in [-0.1, -0.05) is 18.2 Å². The first kappa shape index (κ1) is 48.7. The lowest BCUT2D eigenvalue weighted by atomic mass is 10.0. The van der Waals surface area contributed by atoms with Gasteiger partial charge in [-0.25, -0.2) is 87.8 Å². The summed E-state index contributed by atoms with van der Waals surface area (Å²) in [6.45, 7) is 0. The van der Waals surface area contributed by atoms with Crippen LogP contribution < -0.4 is 0 Å². The quantitative estimate of drug-likeness (QED) is 0.0920. The molecule has 0 bridgehead atoms. The van der Waals surface area contributed by atoms with E-state index < -0.39 is 158 Å². The molecule has 0 saturated heterocycles. The highest BCUT2D eigenvalue weighted by Crippen LogP contribution is 2.57. The van der Waals surface area contributed by atoms with Crippen molar-refractivity contribution < 1.29 is 87.8 Å². The number of hydrogen-bond acceptors (Lipinski definition) is 4. The number of para-hydroxylation sites is 1. The van der Waals surface area contributed by atoms with E-state index in [-0.39, 0.29) is 67.8 Å². The SMILES string of the molecule is Fc1c(F)c(F)c(-c2cc3c4cc(-c5c(F)c(F)c(F)c(F)c5F)sc4c4c(c3s2)c2c3sc(-c5c(F)c(F)c(F)c(F)c5F)cc3c3cc(-c5c(F)c(F)c(F)c(F)c5F)sc3c2n4-c2ccccc2)c(F)c1F. The van der Waals surface area contributed by atoms with Gasteiger partial charge in [0.2, 0.25) is 23.3 Å². The maximum absolute atomic E-state index is 15.8. The van der Waals surface area contributed by atoms with Crippen molar-refractivity contribution >= 4 is 107 Å². The number of hydrogen-bond donors (Lipinski definition) is 0. The average Bonchev–Trinajstić information content (AvgIpc) is 4.25. The van der Waals surface area contributed by atoms with Crippen molar-refractivity contribution in [1.82, 2.24) is 4.57 Å². The molecule has 0 aliphatic rings. The van der Waals surface area contributed by atoms with Gasteiger partial charge in [0.15, 0.2) is 93.1 Å². The van der Waals surface area contributed by atoms with Gasteiger partial charge in [0, 0.05) is 66.9 Å². The third kappa shape index (κ3) is 6.43. The first-order chi connectivity index (χ1) is 35.6. The molecule has 378 valence electrons.